The van der Waals surface area contributed by atoms with Crippen LogP contribution in [0.3, 0.4) is 0 Å². The summed E-state index contributed by atoms with van der Waals surface area (Å²) in [5.41, 5.74) is 1.90. The monoisotopic (exact) mass is 400 g/mol. The van der Waals surface area contributed by atoms with Gasteiger partial charge in [-0.2, -0.15) is 0 Å². The Kier molecular flexibility index (Phi) is 5.46. The summed E-state index contributed by atoms with van der Waals surface area (Å²) in [6.45, 7) is 2.75. The van der Waals surface area contributed by atoms with E-state index >= 15 is 0 Å². The van der Waals surface area contributed by atoms with Crippen molar-refractivity contribution in [3.8, 4) is 0 Å². The topological polar surface area (TPSA) is 92.8 Å². The molecule has 28 heavy (non-hydrogen) atoms. The van der Waals surface area contributed by atoms with Crippen LogP contribution in [0.15, 0.2) is 42.5 Å². The molecule has 1 aliphatic rings. The highest BCUT2D eigenvalue weighted by molar-refractivity contribution is 6.52. The number of carbonyl (C=O) groups is 4. The maximum Gasteiger partial charge on any atom is 0.326 e. The van der Waals surface area contributed by atoms with Gasteiger partial charge in [0.05, 0.1) is 11.3 Å². The largest absolute Gasteiger partial charge is 0.451 e. The van der Waals surface area contributed by atoms with Crippen LogP contribution in [-0.2, 0) is 19.1 Å². The first kappa shape index (κ1) is 19.6. The molecule has 0 bridgehead atoms. The van der Waals surface area contributed by atoms with Gasteiger partial charge < -0.3 is 10.1 Å². The molecule has 7 nitrogen and oxygen atoms in total. The number of fused-ring (bicyclic) bond motifs is 1. The zero-order valence-corrected chi connectivity index (χ0v) is 15.9. The number of hydrogen-bond donors (Lipinski definition) is 1. The molecule has 0 aliphatic carbocycles. The molecule has 1 heterocycles. The number of Topliss-reactive ketones (excluding diaryl/α,β-unsaturated/α-hetero) is 1. The zero-order valence-electron chi connectivity index (χ0n) is 15.2. The first-order valence-electron chi connectivity index (χ1n) is 8.49. The van der Waals surface area contributed by atoms with Crippen molar-refractivity contribution < 1.29 is 23.9 Å². The molecular formula is C20H17ClN2O5. The molecule has 1 atom stereocenters. The first-order valence-corrected chi connectivity index (χ1v) is 8.87. The molecule has 3 rings (SSSR count). The van der Waals surface area contributed by atoms with Gasteiger partial charge in [0.25, 0.3) is 17.6 Å². The molecular weight excluding hydrogens is 384 g/mol. The maximum atomic E-state index is 12.3. The number of carbonyl (C=O) groups excluding carboxylic acids is 4. The van der Waals surface area contributed by atoms with E-state index in [4.69, 9.17) is 16.3 Å². The van der Waals surface area contributed by atoms with Crippen LogP contribution in [0, 0.1) is 6.92 Å². The van der Waals surface area contributed by atoms with Crippen LogP contribution in [-0.4, -0.2) is 36.2 Å². The Bertz CT molecular complexity index is 988. The number of ketones is 1. The molecule has 2 aromatic carbocycles. The fraction of sp³-hybridized carbons (Fsp3) is 0.200. The minimum absolute atomic E-state index is 0.238. The highest BCUT2D eigenvalue weighted by Gasteiger charge is 2.37. The van der Waals surface area contributed by atoms with Gasteiger partial charge in [-0.05, 0) is 43.7 Å². The molecule has 0 fully saturated rings. The van der Waals surface area contributed by atoms with E-state index in [9.17, 15) is 19.2 Å². The number of aryl methyl sites for hydroxylation is 1. The second-order valence-electron chi connectivity index (χ2n) is 6.32. The van der Waals surface area contributed by atoms with Gasteiger partial charge >= 0.3 is 5.97 Å². The standard InChI is InChI=1S/C20H17ClN2O5/c1-11-7-8-13(21)9-15(11)22-19(26)12(2)28-17(24)10-23-16-6-4-3-5-14(16)18(25)20(23)27/h3-9,12H,10H2,1-2H3,(H,22,26)/t12-/m0/s1. The van der Waals surface area contributed by atoms with Crippen LogP contribution >= 0.6 is 11.6 Å². The summed E-state index contributed by atoms with van der Waals surface area (Å²) < 4.78 is 5.13. The summed E-state index contributed by atoms with van der Waals surface area (Å²) in [5.74, 6) is -2.82. The number of para-hydroxylation sites is 1. The van der Waals surface area contributed by atoms with Gasteiger partial charge in [0.15, 0.2) is 6.10 Å². The number of nitrogens with zero attached hydrogens (tertiary/aromatic N) is 1. The molecule has 8 heteroatoms. The van der Waals surface area contributed by atoms with E-state index in [1.807, 2.05) is 0 Å². The average Bonchev–Trinajstić information content (AvgIpc) is 2.90. The Labute approximate surface area is 166 Å². The number of nitrogens with one attached hydrogen (secondary N) is 1. The van der Waals surface area contributed by atoms with Crippen molar-refractivity contribution in [1.82, 2.24) is 0 Å². The highest BCUT2D eigenvalue weighted by Crippen LogP contribution is 2.28. The number of benzene rings is 2. The van der Waals surface area contributed by atoms with Crippen molar-refractivity contribution in [2.75, 3.05) is 16.8 Å². The molecule has 0 unspecified atom stereocenters. The lowest BCUT2D eigenvalue weighted by atomic mass is 10.1. The number of anilines is 2. The Morgan fingerprint density at radius 3 is 2.64 bits per heavy atom. The summed E-state index contributed by atoms with van der Waals surface area (Å²) in [4.78, 5) is 49.6. The third-order valence-corrected chi connectivity index (χ3v) is 4.54. The Balaban J connectivity index is 1.63. The fourth-order valence-corrected chi connectivity index (χ4v) is 2.96. The lowest BCUT2D eigenvalue weighted by Crippen LogP contribution is -2.38. The number of rotatable bonds is 5. The maximum absolute atomic E-state index is 12.3. The fourth-order valence-electron chi connectivity index (χ4n) is 2.79. The van der Waals surface area contributed by atoms with E-state index in [0.29, 0.717) is 16.4 Å². The van der Waals surface area contributed by atoms with E-state index in [-0.39, 0.29) is 5.56 Å². The molecule has 0 saturated heterocycles. The quantitative estimate of drug-likeness (QED) is 0.615. The number of halogens is 1. The molecule has 0 saturated carbocycles. The summed E-state index contributed by atoms with van der Waals surface area (Å²) in [7, 11) is 0. The first-order chi connectivity index (χ1) is 13.3. The van der Waals surface area contributed by atoms with E-state index in [0.717, 1.165) is 10.5 Å². The van der Waals surface area contributed by atoms with Crippen molar-refractivity contribution >= 4 is 46.5 Å². The van der Waals surface area contributed by atoms with E-state index in [1.165, 1.54) is 13.0 Å². The van der Waals surface area contributed by atoms with Crippen molar-refractivity contribution in [2.45, 2.75) is 20.0 Å². The second kappa shape index (κ2) is 7.82. The van der Waals surface area contributed by atoms with Crippen molar-refractivity contribution in [2.24, 2.45) is 0 Å². The van der Waals surface area contributed by atoms with Crippen LogP contribution in [0.25, 0.3) is 0 Å². The van der Waals surface area contributed by atoms with Gasteiger partial charge in [-0.3, -0.25) is 24.1 Å². The van der Waals surface area contributed by atoms with Crippen LogP contribution in [0.4, 0.5) is 11.4 Å². The number of amides is 2. The summed E-state index contributed by atoms with van der Waals surface area (Å²) in [6.07, 6.45) is -1.10. The smallest absolute Gasteiger partial charge is 0.326 e. The minimum atomic E-state index is -1.10. The Morgan fingerprint density at radius 1 is 1.18 bits per heavy atom. The molecule has 2 aromatic rings. The Morgan fingerprint density at radius 2 is 1.89 bits per heavy atom. The zero-order chi connectivity index (χ0) is 20.4. The van der Waals surface area contributed by atoms with Gasteiger partial charge in [0, 0.05) is 10.7 Å². The van der Waals surface area contributed by atoms with E-state index < -0.39 is 36.2 Å². The van der Waals surface area contributed by atoms with Crippen molar-refractivity contribution in [3.05, 3.63) is 58.6 Å². The highest BCUT2D eigenvalue weighted by atomic mass is 35.5. The molecule has 1 N–H and O–H groups in total. The predicted molar refractivity (Wildman–Crippen MR) is 103 cm³/mol. The van der Waals surface area contributed by atoms with Crippen molar-refractivity contribution in [3.63, 3.8) is 0 Å². The molecule has 0 aromatic heterocycles. The summed E-state index contributed by atoms with van der Waals surface area (Å²) >= 11 is 5.92. The number of hydrogen-bond acceptors (Lipinski definition) is 5. The SMILES string of the molecule is Cc1ccc(Cl)cc1NC(=O)[C@H](C)OC(=O)CN1C(=O)C(=O)c2ccccc21. The van der Waals surface area contributed by atoms with Crippen molar-refractivity contribution in [1.29, 1.82) is 0 Å². The summed E-state index contributed by atoms with van der Waals surface area (Å²) in [5, 5.41) is 3.11. The molecule has 0 radical (unpaired) electrons. The van der Waals surface area contributed by atoms with Gasteiger partial charge in [0.2, 0.25) is 0 Å². The third kappa shape index (κ3) is 3.89. The number of esters is 1. The Hall–Kier alpha value is -3.19. The van der Waals surface area contributed by atoms with Gasteiger partial charge in [0.1, 0.15) is 6.54 Å². The molecule has 2 amide bonds. The van der Waals surface area contributed by atoms with Gasteiger partial charge in [-0.25, -0.2) is 0 Å². The average molecular weight is 401 g/mol. The lowest BCUT2D eigenvalue weighted by Gasteiger charge is -2.18. The van der Waals surface area contributed by atoms with Crippen LogP contribution < -0.4 is 10.2 Å². The minimum Gasteiger partial charge on any atom is -0.451 e. The lowest BCUT2D eigenvalue weighted by molar-refractivity contribution is -0.152. The van der Waals surface area contributed by atoms with Crippen LogP contribution in [0.1, 0.15) is 22.8 Å². The predicted octanol–water partition coefficient (Wildman–Crippen LogP) is 2.75. The molecule has 144 valence electrons. The molecule has 0 spiro atoms. The van der Waals surface area contributed by atoms with Crippen LogP contribution in [0.5, 0.6) is 0 Å². The van der Waals surface area contributed by atoms with E-state index in [1.54, 1.807) is 43.3 Å². The van der Waals surface area contributed by atoms with Gasteiger partial charge in [-0.15, -0.1) is 0 Å². The second-order valence-corrected chi connectivity index (χ2v) is 6.75. The normalized spacial score (nSPS) is 13.9. The van der Waals surface area contributed by atoms with E-state index in [2.05, 4.69) is 5.32 Å². The number of ether oxygens (including phenoxy) is 1. The molecule has 1 aliphatic heterocycles. The van der Waals surface area contributed by atoms with Gasteiger partial charge in [-0.1, -0.05) is 29.8 Å². The van der Waals surface area contributed by atoms with Crippen LogP contribution in [0.2, 0.25) is 5.02 Å². The third-order valence-electron chi connectivity index (χ3n) is 4.30. The summed E-state index contributed by atoms with van der Waals surface area (Å²) in [6, 6.07) is 11.4.